The molecule has 2 heterocycles. The molecule has 0 amide bonds. The Kier molecular flexibility index (Phi) is 3.82. The van der Waals surface area contributed by atoms with Gasteiger partial charge in [-0.15, -0.1) is 0 Å². The van der Waals surface area contributed by atoms with E-state index in [4.69, 9.17) is 5.73 Å². The highest BCUT2D eigenvalue weighted by atomic mass is 32.2. The van der Waals surface area contributed by atoms with Crippen LogP contribution in [-0.2, 0) is 23.5 Å². The molecule has 0 aliphatic carbocycles. The normalized spacial score (nSPS) is 11.6. The molecule has 0 spiro atoms. The number of anilines is 1. The summed E-state index contributed by atoms with van der Waals surface area (Å²) in [5.74, 6) is -0.00663. The first-order valence-electron chi connectivity index (χ1n) is 5.68. The van der Waals surface area contributed by atoms with Crippen LogP contribution in [0.25, 0.3) is 0 Å². The van der Waals surface area contributed by atoms with E-state index in [9.17, 15) is 8.42 Å². The van der Waals surface area contributed by atoms with Crippen LogP contribution in [0.5, 0.6) is 0 Å². The molecule has 7 nitrogen and oxygen atoms in total. The summed E-state index contributed by atoms with van der Waals surface area (Å²) < 4.78 is 27.8. The average molecular weight is 281 g/mol. The van der Waals surface area contributed by atoms with Crippen molar-refractivity contribution in [3.63, 3.8) is 0 Å². The van der Waals surface area contributed by atoms with E-state index in [1.807, 2.05) is 18.2 Å². The predicted molar refractivity (Wildman–Crippen MR) is 70.7 cm³/mol. The van der Waals surface area contributed by atoms with Gasteiger partial charge in [0.15, 0.2) is 5.82 Å². The Morgan fingerprint density at radius 3 is 2.79 bits per heavy atom. The lowest BCUT2D eigenvalue weighted by Gasteiger charge is -2.04. The van der Waals surface area contributed by atoms with Gasteiger partial charge in [0.2, 0.25) is 10.0 Å². The van der Waals surface area contributed by atoms with Crippen molar-refractivity contribution < 1.29 is 8.42 Å². The molecule has 3 N–H and O–H groups in total. The van der Waals surface area contributed by atoms with Gasteiger partial charge in [-0.2, -0.15) is 5.10 Å². The number of hydrogen-bond donors (Lipinski definition) is 2. The van der Waals surface area contributed by atoms with E-state index in [0.717, 1.165) is 5.69 Å². The van der Waals surface area contributed by atoms with Crippen LogP contribution in [0.15, 0.2) is 35.5 Å². The smallest absolute Gasteiger partial charge is 0.245 e. The minimum Gasteiger partial charge on any atom is -0.381 e. The molecule has 0 unspecified atom stereocenters. The zero-order valence-electron chi connectivity index (χ0n) is 10.4. The van der Waals surface area contributed by atoms with Crippen LogP contribution >= 0.6 is 0 Å². The molecule has 102 valence electrons. The fourth-order valence-electron chi connectivity index (χ4n) is 1.63. The Balaban J connectivity index is 2.01. The Labute approximate surface area is 111 Å². The molecular weight excluding hydrogens is 266 g/mol. The first kappa shape index (κ1) is 13.5. The van der Waals surface area contributed by atoms with E-state index in [1.165, 1.54) is 10.9 Å². The summed E-state index contributed by atoms with van der Waals surface area (Å²) in [6.07, 6.45) is 3.56. The molecule has 0 fully saturated rings. The van der Waals surface area contributed by atoms with E-state index in [2.05, 4.69) is 14.8 Å². The van der Waals surface area contributed by atoms with Crippen molar-refractivity contribution in [2.75, 3.05) is 12.3 Å². The monoisotopic (exact) mass is 281 g/mol. The van der Waals surface area contributed by atoms with Crippen molar-refractivity contribution in [3.8, 4) is 0 Å². The quantitative estimate of drug-likeness (QED) is 0.798. The maximum absolute atomic E-state index is 12.0. The molecule has 0 saturated heterocycles. The summed E-state index contributed by atoms with van der Waals surface area (Å²) in [6.45, 7) is 0.258. The molecule has 2 aromatic heterocycles. The Bertz CT molecular complexity index is 651. The van der Waals surface area contributed by atoms with Crippen molar-refractivity contribution in [2.45, 2.75) is 11.3 Å². The second kappa shape index (κ2) is 5.37. The Morgan fingerprint density at radius 1 is 1.42 bits per heavy atom. The van der Waals surface area contributed by atoms with Crippen molar-refractivity contribution in [3.05, 3.63) is 36.3 Å². The number of nitrogens with zero attached hydrogens (tertiary/aromatic N) is 3. The largest absolute Gasteiger partial charge is 0.381 e. The van der Waals surface area contributed by atoms with Gasteiger partial charge in [-0.1, -0.05) is 6.07 Å². The van der Waals surface area contributed by atoms with Crippen LogP contribution in [0.3, 0.4) is 0 Å². The van der Waals surface area contributed by atoms with Crippen LogP contribution in [0.1, 0.15) is 5.69 Å². The lowest BCUT2D eigenvalue weighted by Crippen LogP contribution is -2.26. The lowest BCUT2D eigenvalue weighted by molar-refractivity contribution is 0.581. The van der Waals surface area contributed by atoms with Gasteiger partial charge >= 0.3 is 0 Å². The van der Waals surface area contributed by atoms with E-state index >= 15 is 0 Å². The lowest BCUT2D eigenvalue weighted by atomic mass is 10.3. The highest BCUT2D eigenvalue weighted by Crippen LogP contribution is 2.14. The molecule has 0 aliphatic heterocycles. The number of nitrogens with two attached hydrogens (primary N) is 1. The summed E-state index contributed by atoms with van der Waals surface area (Å²) >= 11 is 0. The second-order valence-corrected chi connectivity index (χ2v) is 5.76. The highest BCUT2D eigenvalue weighted by molar-refractivity contribution is 7.89. The zero-order chi connectivity index (χ0) is 13.9. The Morgan fingerprint density at radius 2 is 2.21 bits per heavy atom. The molecule has 0 aromatic carbocycles. The molecule has 2 aromatic rings. The second-order valence-electron chi connectivity index (χ2n) is 4.02. The van der Waals surface area contributed by atoms with Gasteiger partial charge in [-0.25, -0.2) is 13.1 Å². The summed E-state index contributed by atoms with van der Waals surface area (Å²) in [6, 6.07) is 5.51. The molecular formula is C11H15N5O2S. The van der Waals surface area contributed by atoms with Gasteiger partial charge in [0.1, 0.15) is 4.90 Å². The molecule has 0 bridgehead atoms. The van der Waals surface area contributed by atoms with Crippen LogP contribution in [0, 0.1) is 0 Å². The van der Waals surface area contributed by atoms with Crippen LogP contribution in [0.4, 0.5) is 5.82 Å². The fourth-order valence-corrected chi connectivity index (χ4v) is 2.76. The fraction of sp³-hybridized carbons (Fsp3) is 0.273. The number of aromatic nitrogens is 3. The first-order valence-corrected chi connectivity index (χ1v) is 7.16. The van der Waals surface area contributed by atoms with Gasteiger partial charge in [0.05, 0.1) is 0 Å². The van der Waals surface area contributed by atoms with E-state index in [1.54, 1.807) is 13.2 Å². The number of nitrogens with one attached hydrogen (secondary N) is 1. The topological polar surface area (TPSA) is 103 Å². The molecule has 8 heteroatoms. The number of rotatable bonds is 5. The third kappa shape index (κ3) is 3.30. The van der Waals surface area contributed by atoms with Crippen LogP contribution in [-0.4, -0.2) is 29.7 Å². The summed E-state index contributed by atoms with van der Waals surface area (Å²) in [5.41, 5.74) is 6.37. The number of aryl methyl sites for hydroxylation is 1. The average Bonchev–Trinajstić information content (AvgIpc) is 2.70. The number of sulfonamides is 1. The predicted octanol–water partition coefficient (Wildman–Crippen LogP) is -0.0817. The van der Waals surface area contributed by atoms with Crippen LogP contribution < -0.4 is 10.5 Å². The number of pyridine rings is 1. The molecule has 2 rings (SSSR count). The summed E-state index contributed by atoms with van der Waals surface area (Å²) in [5, 5.41) is 3.81. The van der Waals surface area contributed by atoms with E-state index in [-0.39, 0.29) is 17.3 Å². The van der Waals surface area contributed by atoms with Gasteiger partial charge in [-0.05, 0) is 12.1 Å². The van der Waals surface area contributed by atoms with Crippen LogP contribution in [0.2, 0.25) is 0 Å². The van der Waals surface area contributed by atoms with Gasteiger partial charge < -0.3 is 5.73 Å². The SMILES string of the molecule is Cn1cc(S(=O)(=O)NCCc2ccccn2)c(N)n1. The molecule has 0 saturated carbocycles. The minimum absolute atomic E-state index is 0.00368. The maximum Gasteiger partial charge on any atom is 0.245 e. The van der Waals surface area contributed by atoms with Crippen molar-refractivity contribution in [2.24, 2.45) is 7.05 Å². The highest BCUT2D eigenvalue weighted by Gasteiger charge is 2.19. The zero-order valence-corrected chi connectivity index (χ0v) is 11.3. The van der Waals surface area contributed by atoms with Gasteiger partial charge in [0.25, 0.3) is 0 Å². The van der Waals surface area contributed by atoms with E-state index in [0.29, 0.717) is 6.42 Å². The van der Waals surface area contributed by atoms with E-state index < -0.39 is 10.0 Å². The number of nitrogen functional groups attached to an aromatic ring is 1. The number of hydrogen-bond acceptors (Lipinski definition) is 5. The minimum atomic E-state index is -3.63. The molecule has 0 atom stereocenters. The summed E-state index contributed by atoms with van der Waals surface area (Å²) in [7, 11) is -2.01. The Hall–Kier alpha value is -1.93. The first-order chi connectivity index (χ1) is 8.99. The molecule has 0 radical (unpaired) electrons. The summed E-state index contributed by atoms with van der Waals surface area (Å²) in [4.78, 5) is 4.11. The third-order valence-electron chi connectivity index (χ3n) is 2.51. The van der Waals surface area contributed by atoms with Crippen molar-refractivity contribution >= 4 is 15.8 Å². The van der Waals surface area contributed by atoms with Gasteiger partial charge in [-0.3, -0.25) is 9.67 Å². The molecule has 0 aliphatic rings. The van der Waals surface area contributed by atoms with Crippen molar-refractivity contribution in [1.29, 1.82) is 0 Å². The third-order valence-corrected chi connectivity index (χ3v) is 3.99. The maximum atomic E-state index is 12.0. The standard InChI is InChI=1S/C11H15N5O2S/c1-16-8-10(11(12)15-16)19(17,18)14-7-5-9-4-2-3-6-13-9/h2-4,6,8,14H,5,7H2,1H3,(H2,12,15). The van der Waals surface area contributed by atoms with Gasteiger partial charge in [0, 0.05) is 38.1 Å². The van der Waals surface area contributed by atoms with Crippen molar-refractivity contribution in [1.82, 2.24) is 19.5 Å². The molecule has 19 heavy (non-hydrogen) atoms.